The molecule has 0 saturated carbocycles. The molecular formula is C2H6AlNNaO4. The second-order valence-corrected chi connectivity index (χ2v) is 0.923. The fourth-order valence-electron chi connectivity index (χ4n) is 0. The Balaban J connectivity index is -0.0000000800. The molecule has 0 amide bonds. The van der Waals surface area contributed by atoms with Crippen molar-refractivity contribution in [2.75, 3.05) is 6.54 Å². The van der Waals surface area contributed by atoms with Gasteiger partial charge in [0.2, 0.25) is 0 Å². The van der Waals surface area contributed by atoms with Crippen LogP contribution >= 0.6 is 0 Å². The van der Waals surface area contributed by atoms with Crippen molar-refractivity contribution < 1.29 is 47.8 Å². The minimum absolute atomic E-state index is 0. The van der Waals surface area contributed by atoms with Crippen molar-refractivity contribution in [3.05, 3.63) is 0 Å². The van der Waals surface area contributed by atoms with E-state index < -0.39 is 21.9 Å². The van der Waals surface area contributed by atoms with Crippen LogP contribution in [-0.4, -0.2) is 36.7 Å². The van der Waals surface area contributed by atoms with E-state index >= 15 is 0 Å². The van der Waals surface area contributed by atoms with E-state index in [1.165, 1.54) is 0 Å². The Hall–Kier alpha value is 0.882. The van der Waals surface area contributed by atoms with Gasteiger partial charge in [-0.2, -0.15) is 0 Å². The quantitative estimate of drug-likeness (QED) is 0.329. The van der Waals surface area contributed by atoms with E-state index in [-0.39, 0.29) is 36.1 Å². The van der Waals surface area contributed by atoms with E-state index in [4.69, 9.17) is 18.2 Å². The zero-order valence-corrected chi connectivity index (χ0v) is 8.23. The molecule has 9 heavy (non-hydrogen) atoms. The third-order valence-corrected chi connectivity index (χ3v) is 0.167. The third kappa shape index (κ3) is 50.6. The standard InChI is InChI=1S/C2H5NO2.Al.Na.2H2O/c3-1-2(4)5;;;;/h1,3H2,(H,4,5);;;2*1H2/q;+2;+1;;/p-3. The molecular weight excluding hydrogens is 152 g/mol. The molecule has 1 radical (unpaired) electrons. The Morgan fingerprint density at radius 2 is 1.78 bits per heavy atom. The molecule has 0 aromatic rings. The van der Waals surface area contributed by atoms with Crippen molar-refractivity contribution in [1.29, 1.82) is 0 Å². The van der Waals surface area contributed by atoms with Gasteiger partial charge in [-0.25, -0.2) is 0 Å². The average molecular weight is 158 g/mol. The molecule has 0 heterocycles. The number of carbonyl (C=O) groups is 1. The summed E-state index contributed by atoms with van der Waals surface area (Å²) in [6.07, 6.45) is 0. The minimum atomic E-state index is -1.25. The van der Waals surface area contributed by atoms with Gasteiger partial charge in [0.05, 0.1) is 5.97 Å². The average Bonchev–Trinajstić information content (AvgIpc) is 1.69. The summed E-state index contributed by atoms with van der Waals surface area (Å²) in [6.45, 7) is -0.389. The summed E-state index contributed by atoms with van der Waals surface area (Å²) in [4.78, 5) is 9.13. The number of aliphatic carboxylic acids is 1. The second kappa shape index (κ2) is 15.9. The summed E-state index contributed by atoms with van der Waals surface area (Å²) in [5, 5.41) is 9.13. The first-order valence-electron chi connectivity index (χ1n) is 1.69. The molecule has 0 aliphatic carbocycles. The van der Waals surface area contributed by atoms with Crippen molar-refractivity contribution in [3.63, 3.8) is 0 Å². The first-order chi connectivity index (χ1) is 3.68. The maximum atomic E-state index is 9.13. The Bertz CT molecular complexity index is 62.5. The van der Waals surface area contributed by atoms with Gasteiger partial charge in [-0.1, -0.05) is 0 Å². The van der Waals surface area contributed by atoms with Gasteiger partial charge in [0.25, 0.3) is 0 Å². The molecule has 0 bridgehead atoms. The third-order valence-electron chi connectivity index (χ3n) is 0.167. The van der Waals surface area contributed by atoms with Crippen molar-refractivity contribution in [2.24, 2.45) is 5.73 Å². The predicted molar refractivity (Wildman–Crippen MR) is 24.3 cm³/mol. The minimum Gasteiger partial charge on any atom is -0.549 e. The maximum absolute atomic E-state index is 9.13. The molecule has 0 aromatic carbocycles. The molecule has 7 heteroatoms. The summed E-state index contributed by atoms with van der Waals surface area (Å²) in [7, 11) is 0. The van der Waals surface area contributed by atoms with Gasteiger partial charge in [0, 0.05) is 6.54 Å². The molecule has 0 rings (SSSR count). The van der Waals surface area contributed by atoms with E-state index in [9.17, 15) is 0 Å². The number of carboxylic acids is 1. The van der Waals surface area contributed by atoms with Gasteiger partial charge >= 0.3 is 45.4 Å². The second-order valence-electron chi connectivity index (χ2n) is 0.692. The van der Waals surface area contributed by atoms with Crippen LogP contribution in [0.4, 0.5) is 0 Å². The molecule has 0 aliphatic rings. The Kier molecular flexibility index (Phi) is 29.2. The van der Waals surface area contributed by atoms with Gasteiger partial charge in [-0.05, 0) is 0 Å². The van der Waals surface area contributed by atoms with E-state index in [1.807, 2.05) is 0 Å². The summed E-state index contributed by atoms with van der Waals surface area (Å²) < 4.78 is 14.4. The molecule has 0 aliphatic heterocycles. The number of carbonyl (C=O) groups excluding carboxylic acids is 1. The Morgan fingerprint density at radius 3 is 1.78 bits per heavy atom. The van der Waals surface area contributed by atoms with E-state index in [1.54, 1.807) is 0 Å². The number of carboxylic acid groups (broad SMARTS) is 1. The molecule has 4 N–H and O–H groups in total. The fourth-order valence-corrected chi connectivity index (χ4v) is 0. The smallest absolute Gasteiger partial charge is 0.549 e. The molecule has 0 aromatic heterocycles. The summed E-state index contributed by atoms with van der Waals surface area (Å²) in [5.41, 5.74) is 4.51. The molecule has 0 unspecified atom stereocenters. The van der Waals surface area contributed by atoms with Crippen LogP contribution in [0.1, 0.15) is 0 Å². The first-order valence-corrected chi connectivity index (χ1v) is 2.72. The van der Waals surface area contributed by atoms with E-state index in [0.29, 0.717) is 0 Å². The van der Waals surface area contributed by atoms with Gasteiger partial charge in [-0.3, -0.25) is 0 Å². The zero-order valence-electron chi connectivity index (χ0n) is 5.07. The maximum Gasteiger partial charge on any atom is 1.00 e. The van der Waals surface area contributed by atoms with Crippen molar-refractivity contribution in [1.82, 2.24) is 0 Å². The molecule has 47 valence electrons. The Morgan fingerprint density at radius 1 is 1.67 bits per heavy atom. The largest absolute Gasteiger partial charge is 1.00 e. The number of hydrogen-bond donors (Lipinski definition) is 3. The summed E-state index contributed by atoms with van der Waals surface area (Å²) in [6, 6.07) is 0. The zero-order chi connectivity index (χ0) is 6.99. The van der Waals surface area contributed by atoms with Crippen LogP contribution in [0.5, 0.6) is 0 Å². The number of rotatable bonds is 1. The van der Waals surface area contributed by atoms with Gasteiger partial charge < -0.3 is 24.0 Å². The van der Waals surface area contributed by atoms with Crippen molar-refractivity contribution >= 4 is 21.9 Å². The van der Waals surface area contributed by atoms with Crippen LogP contribution in [0.3, 0.4) is 0 Å². The van der Waals surface area contributed by atoms with Crippen LogP contribution in [0.2, 0.25) is 0 Å². The van der Waals surface area contributed by atoms with Crippen LogP contribution in [-0.2, 0) is 4.79 Å². The predicted octanol–water partition coefficient (Wildman–Crippen LogP) is -6.80. The van der Waals surface area contributed by atoms with Crippen molar-refractivity contribution in [2.45, 2.75) is 0 Å². The molecule has 0 fully saturated rings. The SMILES string of the molecule is NCC(=O)[O-].[Na+].[OH][Al][OH]. The topological polar surface area (TPSA) is 107 Å². The van der Waals surface area contributed by atoms with Crippen molar-refractivity contribution in [3.8, 4) is 0 Å². The van der Waals surface area contributed by atoms with Gasteiger partial charge in [0.1, 0.15) is 0 Å². The van der Waals surface area contributed by atoms with E-state index in [0.717, 1.165) is 0 Å². The number of hydrogen-bond acceptors (Lipinski definition) is 5. The van der Waals surface area contributed by atoms with Gasteiger partial charge in [0.15, 0.2) is 0 Å². The number of nitrogens with two attached hydrogens (primary N) is 1. The normalized spacial score (nSPS) is 5.67. The molecule has 0 saturated heterocycles. The van der Waals surface area contributed by atoms with Crippen LogP contribution in [0, 0.1) is 0 Å². The first kappa shape index (κ1) is 16.5. The fraction of sp³-hybridized carbons (Fsp3) is 0.500. The van der Waals surface area contributed by atoms with E-state index in [2.05, 4.69) is 5.73 Å². The summed E-state index contributed by atoms with van der Waals surface area (Å²) >= 11 is -1.25. The molecule has 0 spiro atoms. The monoisotopic (exact) mass is 158 g/mol. The molecule has 5 nitrogen and oxygen atoms in total. The molecule has 0 atom stereocenters. The van der Waals surface area contributed by atoms with Crippen LogP contribution < -0.4 is 40.4 Å². The van der Waals surface area contributed by atoms with Crippen LogP contribution in [0.15, 0.2) is 0 Å². The Labute approximate surface area is 81.5 Å². The van der Waals surface area contributed by atoms with Gasteiger partial charge in [-0.15, -0.1) is 0 Å². The van der Waals surface area contributed by atoms with Crippen LogP contribution in [0.25, 0.3) is 0 Å². The summed E-state index contributed by atoms with van der Waals surface area (Å²) in [5.74, 6) is -1.22.